The van der Waals surface area contributed by atoms with E-state index in [1.807, 2.05) is 36.4 Å². The SMILES string of the molecule is COC(=O)C(OC(C)(C)C)c1c(C(F)(F)F)ccc(-c2ccnc(OCc3ccccc3)c2)c1-c1ccc2c(c1)CCCO2. The minimum atomic E-state index is -4.80. The first kappa shape index (κ1) is 31.1. The van der Waals surface area contributed by atoms with Crippen molar-refractivity contribution in [2.45, 2.75) is 58.1 Å². The van der Waals surface area contributed by atoms with Gasteiger partial charge in [0, 0.05) is 17.8 Å². The van der Waals surface area contributed by atoms with Crippen LogP contribution < -0.4 is 9.47 Å². The Labute approximate surface area is 254 Å². The van der Waals surface area contributed by atoms with E-state index in [2.05, 4.69) is 4.98 Å². The summed E-state index contributed by atoms with van der Waals surface area (Å²) in [4.78, 5) is 17.6. The number of carbonyl (C=O) groups excluding carboxylic acids is 1. The molecule has 1 aliphatic rings. The fourth-order valence-electron chi connectivity index (χ4n) is 5.28. The topological polar surface area (TPSA) is 66.9 Å². The zero-order valence-electron chi connectivity index (χ0n) is 25.0. The molecular weight excluding hydrogens is 571 g/mol. The number of hydrogen-bond acceptors (Lipinski definition) is 6. The zero-order valence-corrected chi connectivity index (χ0v) is 25.0. The van der Waals surface area contributed by atoms with Gasteiger partial charge in [-0.15, -0.1) is 0 Å². The minimum Gasteiger partial charge on any atom is -0.493 e. The van der Waals surface area contributed by atoms with Gasteiger partial charge in [-0.1, -0.05) is 42.5 Å². The summed E-state index contributed by atoms with van der Waals surface area (Å²) >= 11 is 0. The molecule has 0 aliphatic carbocycles. The van der Waals surface area contributed by atoms with Gasteiger partial charge < -0.3 is 18.9 Å². The smallest absolute Gasteiger partial charge is 0.416 e. The molecule has 0 fully saturated rings. The van der Waals surface area contributed by atoms with E-state index in [0.29, 0.717) is 41.3 Å². The number of pyridine rings is 1. The number of aromatic nitrogens is 1. The average Bonchev–Trinajstić information content (AvgIpc) is 3.01. The lowest BCUT2D eigenvalue weighted by Crippen LogP contribution is -2.30. The fourth-order valence-corrected chi connectivity index (χ4v) is 5.28. The van der Waals surface area contributed by atoms with Gasteiger partial charge in [-0.3, -0.25) is 0 Å². The predicted octanol–water partition coefficient (Wildman–Crippen LogP) is 8.37. The van der Waals surface area contributed by atoms with Crippen molar-refractivity contribution in [1.29, 1.82) is 0 Å². The van der Waals surface area contributed by atoms with Crippen LogP contribution >= 0.6 is 0 Å². The molecule has 3 aromatic carbocycles. The molecular formula is C35H34F3NO5. The fraction of sp³-hybridized carbons (Fsp3) is 0.314. The molecule has 0 bridgehead atoms. The number of methoxy groups -OCH3 is 1. The number of fused-ring (bicyclic) bond motifs is 1. The van der Waals surface area contributed by atoms with E-state index in [4.69, 9.17) is 18.9 Å². The molecule has 2 heterocycles. The van der Waals surface area contributed by atoms with E-state index in [9.17, 15) is 18.0 Å². The van der Waals surface area contributed by atoms with Crippen molar-refractivity contribution >= 4 is 5.97 Å². The second kappa shape index (κ2) is 12.7. The van der Waals surface area contributed by atoms with Crippen LogP contribution in [0.3, 0.4) is 0 Å². The van der Waals surface area contributed by atoms with E-state index in [-0.39, 0.29) is 17.7 Å². The van der Waals surface area contributed by atoms with E-state index >= 15 is 0 Å². The first-order chi connectivity index (χ1) is 20.9. The Bertz CT molecular complexity index is 1630. The molecule has 0 spiro atoms. The van der Waals surface area contributed by atoms with Crippen molar-refractivity contribution in [3.8, 4) is 33.9 Å². The van der Waals surface area contributed by atoms with E-state index in [0.717, 1.165) is 30.7 Å². The highest BCUT2D eigenvalue weighted by Gasteiger charge is 2.42. The Balaban J connectivity index is 1.75. The Morgan fingerprint density at radius 2 is 1.75 bits per heavy atom. The van der Waals surface area contributed by atoms with Crippen molar-refractivity contribution in [2.24, 2.45) is 0 Å². The summed E-state index contributed by atoms with van der Waals surface area (Å²) in [5.74, 6) is 0.0471. The van der Waals surface area contributed by atoms with E-state index in [1.165, 1.54) is 6.07 Å². The Morgan fingerprint density at radius 1 is 0.977 bits per heavy atom. The molecule has 0 saturated heterocycles. The van der Waals surface area contributed by atoms with Crippen LogP contribution in [0, 0.1) is 0 Å². The van der Waals surface area contributed by atoms with Crippen molar-refractivity contribution in [1.82, 2.24) is 4.98 Å². The highest BCUT2D eigenvalue weighted by atomic mass is 19.4. The second-order valence-electron chi connectivity index (χ2n) is 11.5. The second-order valence-corrected chi connectivity index (χ2v) is 11.5. The third-order valence-electron chi connectivity index (χ3n) is 7.17. The van der Waals surface area contributed by atoms with Gasteiger partial charge in [0.2, 0.25) is 5.88 Å². The van der Waals surface area contributed by atoms with Crippen molar-refractivity contribution in [3.05, 3.63) is 101 Å². The molecule has 44 heavy (non-hydrogen) atoms. The van der Waals surface area contributed by atoms with Crippen LogP contribution in [-0.4, -0.2) is 30.3 Å². The van der Waals surface area contributed by atoms with Crippen molar-refractivity contribution < 1.29 is 36.9 Å². The summed E-state index contributed by atoms with van der Waals surface area (Å²) in [6.07, 6.45) is -3.44. The number of rotatable bonds is 8. The normalized spacial score (nSPS) is 13.9. The third-order valence-corrected chi connectivity index (χ3v) is 7.17. The van der Waals surface area contributed by atoms with Gasteiger partial charge in [0.1, 0.15) is 12.4 Å². The maximum Gasteiger partial charge on any atom is 0.416 e. The average molecular weight is 606 g/mol. The van der Waals surface area contributed by atoms with Crippen LogP contribution in [0.1, 0.15) is 55.5 Å². The van der Waals surface area contributed by atoms with Gasteiger partial charge in [-0.25, -0.2) is 9.78 Å². The molecule has 9 heteroatoms. The molecule has 0 N–H and O–H groups in total. The van der Waals surface area contributed by atoms with Gasteiger partial charge in [-0.2, -0.15) is 13.2 Å². The largest absolute Gasteiger partial charge is 0.493 e. The van der Waals surface area contributed by atoms with Gasteiger partial charge in [0.25, 0.3) is 0 Å². The molecule has 1 aromatic heterocycles. The molecule has 0 amide bonds. The standard InChI is InChI=1S/C35H34F3NO5/c1-34(2,3)44-32(33(40)41-4)31-27(35(36,37)38)14-13-26(30(31)25-12-15-28-24(19-25)11-8-18-42-28)23-16-17-39-29(20-23)43-21-22-9-6-5-7-10-22/h5-7,9-10,12-17,19-20,32H,8,11,18,21H2,1-4H3. The number of nitrogens with zero attached hydrogens (tertiary/aromatic N) is 1. The van der Waals surface area contributed by atoms with Gasteiger partial charge in [0.05, 0.1) is 24.9 Å². The highest BCUT2D eigenvalue weighted by Crippen LogP contribution is 2.47. The quantitative estimate of drug-likeness (QED) is 0.188. The lowest BCUT2D eigenvalue weighted by atomic mass is 9.84. The molecule has 0 saturated carbocycles. The lowest BCUT2D eigenvalue weighted by Gasteiger charge is -2.31. The first-order valence-electron chi connectivity index (χ1n) is 14.3. The summed E-state index contributed by atoms with van der Waals surface area (Å²) in [7, 11) is 1.13. The third kappa shape index (κ3) is 7.05. The molecule has 1 aliphatic heterocycles. The number of esters is 1. The summed E-state index contributed by atoms with van der Waals surface area (Å²) < 4.78 is 67.1. The summed E-state index contributed by atoms with van der Waals surface area (Å²) in [5.41, 5.74) is 1.22. The van der Waals surface area contributed by atoms with Gasteiger partial charge in [0.15, 0.2) is 6.10 Å². The molecule has 6 nitrogen and oxygen atoms in total. The monoisotopic (exact) mass is 605 g/mol. The predicted molar refractivity (Wildman–Crippen MR) is 160 cm³/mol. The van der Waals surface area contributed by atoms with Crippen molar-refractivity contribution in [2.75, 3.05) is 13.7 Å². The van der Waals surface area contributed by atoms with Crippen LogP contribution in [0.2, 0.25) is 0 Å². The van der Waals surface area contributed by atoms with Crippen LogP contribution in [0.15, 0.2) is 79.0 Å². The Hall–Kier alpha value is -4.37. The summed E-state index contributed by atoms with van der Waals surface area (Å²) in [6, 6.07) is 20.6. The van der Waals surface area contributed by atoms with E-state index in [1.54, 1.807) is 51.2 Å². The molecule has 1 atom stereocenters. The Morgan fingerprint density at radius 3 is 2.45 bits per heavy atom. The minimum absolute atomic E-state index is 0.202. The lowest BCUT2D eigenvalue weighted by molar-refractivity contribution is -0.166. The Kier molecular flexibility index (Phi) is 8.97. The van der Waals surface area contributed by atoms with Gasteiger partial charge in [-0.05, 0) is 91.3 Å². The number of alkyl halides is 3. The summed E-state index contributed by atoms with van der Waals surface area (Å²) in [6.45, 7) is 5.86. The highest BCUT2D eigenvalue weighted by molar-refractivity contribution is 5.91. The molecule has 1 unspecified atom stereocenters. The zero-order chi connectivity index (χ0) is 31.5. The molecule has 230 valence electrons. The number of halogens is 3. The van der Waals surface area contributed by atoms with E-state index < -0.39 is 29.4 Å². The maximum atomic E-state index is 14.8. The number of aryl methyl sites for hydroxylation is 1. The molecule has 0 radical (unpaired) electrons. The van der Waals surface area contributed by atoms with Crippen LogP contribution in [0.5, 0.6) is 11.6 Å². The van der Waals surface area contributed by atoms with Crippen LogP contribution in [-0.2, 0) is 33.5 Å². The van der Waals surface area contributed by atoms with Crippen LogP contribution in [0.25, 0.3) is 22.3 Å². The number of benzene rings is 3. The molecule has 4 aromatic rings. The number of ether oxygens (including phenoxy) is 4. The molecule has 5 rings (SSSR count). The van der Waals surface area contributed by atoms with Crippen LogP contribution in [0.4, 0.5) is 13.2 Å². The number of hydrogen-bond donors (Lipinski definition) is 0. The van der Waals surface area contributed by atoms with Gasteiger partial charge >= 0.3 is 12.1 Å². The van der Waals surface area contributed by atoms with Crippen molar-refractivity contribution in [3.63, 3.8) is 0 Å². The maximum absolute atomic E-state index is 14.8. The number of carbonyl (C=O) groups is 1. The summed E-state index contributed by atoms with van der Waals surface area (Å²) in [5, 5.41) is 0. The first-order valence-corrected chi connectivity index (χ1v) is 14.3.